The Labute approximate surface area is 67.4 Å². The summed E-state index contributed by atoms with van der Waals surface area (Å²) in [6.07, 6.45) is 0.619. The normalized spacial score (nSPS) is 9.27. The first-order valence-corrected chi connectivity index (χ1v) is 3.19. The minimum atomic E-state index is -0.0859. The van der Waals surface area contributed by atoms with Gasteiger partial charge in [0, 0.05) is 10.1 Å². The van der Waals surface area contributed by atoms with Gasteiger partial charge in [0.2, 0.25) is 0 Å². The predicted octanol–water partition coefficient (Wildman–Crippen LogP) is 2.42. The molecule has 0 saturated heterocycles. The van der Waals surface area contributed by atoms with Gasteiger partial charge in [-0.05, 0) is 18.2 Å². The summed E-state index contributed by atoms with van der Waals surface area (Å²) in [6, 6.07) is 4.02. The molecule has 0 heterocycles. The van der Waals surface area contributed by atoms with E-state index >= 15 is 0 Å². The summed E-state index contributed by atoms with van der Waals surface area (Å²) < 4.78 is 11.5. The first-order chi connectivity index (χ1) is 5.27. The fourth-order valence-corrected chi connectivity index (χ4v) is 0.871. The fourth-order valence-electron chi connectivity index (χ4n) is 0.653. The molecular weight excluding hydrogens is 171 g/mol. The Balaban J connectivity index is 3.09. The third-order valence-corrected chi connectivity index (χ3v) is 1.47. The van der Waals surface area contributed by atoms with Gasteiger partial charge < -0.3 is 0 Å². The molecule has 58 valence electrons. The van der Waals surface area contributed by atoms with E-state index in [1.54, 1.807) is 0 Å². The van der Waals surface area contributed by atoms with Crippen molar-refractivity contribution < 1.29 is 14.3 Å². The molecule has 1 aromatic rings. The second-order valence-electron chi connectivity index (χ2n) is 1.88. The van der Waals surface area contributed by atoms with Gasteiger partial charge >= 0.3 is 0 Å². The van der Waals surface area contributed by atoms with Gasteiger partial charge in [-0.15, -0.1) is 0 Å². The molecule has 2 nitrogen and oxygen atoms in total. The summed E-state index contributed by atoms with van der Waals surface area (Å²) in [6.45, 7) is 0. The lowest BCUT2D eigenvalue weighted by Gasteiger charge is -1.96. The zero-order chi connectivity index (χ0) is 8.27. The smallest absolute Gasteiger partial charge is 0.190 e. The Hall–Kier alpha value is -1.09. The van der Waals surface area contributed by atoms with Crippen molar-refractivity contribution in [2.24, 2.45) is 0 Å². The molecule has 0 unspecified atom stereocenters. The van der Waals surface area contributed by atoms with Gasteiger partial charge in [-0.2, -0.15) is 0 Å². The quantitative estimate of drug-likeness (QED) is 0.644. The van der Waals surface area contributed by atoms with Gasteiger partial charge in [-0.1, -0.05) is 11.6 Å². The zero-order valence-electron chi connectivity index (χ0n) is 5.38. The van der Waals surface area contributed by atoms with Crippen LogP contribution in [0.2, 0.25) is 5.02 Å². The molecule has 0 aliphatic heterocycles. The summed E-state index contributed by atoms with van der Waals surface area (Å²) in [5.74, 6) is -0.0859. The Morgan fingerprint density at radius 1 is 1.55 bits per heavy atom. The van der Waals surface area contributed by atoms with E-state index in [2.05, 4.69) is 4.94 Å². The first-order valence-electron chi connectivity index (χ1n) is 2.81. The molecule has 11 heavy (non-hydrogen) atoms. The van der Waals surface area contributed by atoms with Crippen molar-refractivity contribution in [2.75, 3.05) is 0 Å². The lowest BCUT2D eigenvalue weighted by atomic mass is 10.2. The number of carbonyl (C=O) groups is 1. The number of benzene rings is 1. The van der Waals surface area contributed by atoms with Crippen molar-refractivity contribution >= 4 is 17.9 Å². The monoisotopic (exact) mass is 174 g/mol. The topological polar surface area (TPSA) is 26.3 Å². The summed E-state index contributed by atoms with van der Waals surface area (Å²) in [5, 5.41) is 0.0806. The molecule has 0 aliphatic carbocycles. The molecule has 0 N–H and O–H groups in total. The molecule has 0 bridgehead atoms. The van der Waals surface area contributed by atoms with Gasteiger partial charge in [0.25, 0.3) is 0 Å². The third-order valence-electron chi connectivity index (χ3n) is 1.18. The van der Waals surface area contributed by atoms with Crippen LogP contribution in [-0.2, 0) is 0 Å². The van der Waals surface area contributed by atoms with Crippen LogP contribution in [0.3, 0.4) is 0 Å². The standard InChI is InChI=1S/C7H4ClFO2/c8-6-3-5(4-10)1-2-7(6)11-9/h1-4H. The highest BCUT2D eigenvalue weighted by atomic mass is 35.5. The van der Waals surface area contributed by atoms with Crippen LogP contribution in [0.25, 0.3) is 0 Å². The number of halogens is 2. The number of hydrogen-bond acceptors (Lipinski definition) is 2. The third kappa shape index (κ3) is 1.68. The average Bonchev–Trinajstić information content (AvgIpc) is 2.04. The SMILES string of the molecule is O=Cc1ccc(OF)c(Cl)c1. The van der Waals surface area contributed by atoms with Crippen LogP contribution in [0.15, 0.2) is 18.2 Å². The van der Waals surface area contributed by atoms with Crippen molar-refractivity contribution in [1.82, 2.24) is 0 Å². The van der Waals surface area contributed by atoms with Crippen LogP contribution >= 0.6 is 11.6 Å². The van der Waals surface area contributed by atoms with Crippen LogP contribution in [0, 0.1) is 0 Å². The van der Waals surface area contributed by atoms with Gasteiger partial charge in [0.1, 0.15) is 6.29 Å². The molecule has 0 amide bonds. The van der Waals surface area contributed by atoms with E-state index in [1.807, 2.05) is 0 Å². The van der Waals surface area contributed by atoms with E-state index in [1.165, 1.54) is 18.2 Å². The molecule has 0 aliphatic rings. The van der Waals surface area contributed by atoms with Crippen molar-refractivity contribution in [3.05, 3.63) is 28.8 Å². The van der Waals surface area contributed by atoms with Crippen LogP contribution in [0.5, 0.6) is 5.75 Å². The maximum atomic E-state index is 11.5. The van der Waals surface area contributed by atoms with E-state index in [0.29, 0.717) is 11.8 Å². The van der Waals surface area contributed by atoms with Gasteiger partial charge in [0.05, 0.1) is 5.02 Å². The number of carbonyl (C=O) groups excluding carboxylic acids is 1. The van der Waals surface area contributed by atoms with Crippen molar-refractivity contribution in [1.29, 1.82) is 0 Å². The largest absolute Gasteiger partial charge is 0.298 e. The second-order valence-corrected chi connectivity index (χ2v) is 2.29. The van der Waals surface area contributed by atoms with Crippen LogP contribution in [0.1, 0.15) is 10.4 Å². The van der Waals surface area contributed by atoms with E-state index in [9.17, 15) is 9.32 Å². The second kappa shape index (κ2) is 3.34. The summed E-state index contributed by atoms with van der Waals surface area (Å²) in [4.78, 5) is 13.6. The molecule has 0 saturated carbocycles. The highest BCUT2D eigenvalue weighted by molar-refractivity contribution is 6.32. The lowest BCUT2D eigenvalue weighted by molar-refractivity contribution is -0.00608. The number of aldehydes is 1. The maximum Gasteiger partial charge on any atom is 0.190 e. The Morgan fingerprint density at radius 2 is 2.27 bits per heavy atom. The minimum absolute atomic E-state index is 0.0806. The average molecular weight is 175 g/mol. The molecule has 4 heteroatoms. The Morgan fingerprint density at radius 3 is 2.73 bits per heavy atom. The predicted molar refractivity (Wildman–Crippen MR) is 38.6 cm³/mol. The Bertz CT molecular complexity index is 275. The molecule has 1 rings (SSSR count). The highest BCUT2D eigenvalue weighted by Crippen LogP contribution is 2.24. The molecular formula is C7H4ClFO2. The minimum Gasteiger partial charge on any atom is -0.298 e. The molecule has 0 spiro atoms. The zero-order valence-corrected chi connectivity index (χ0v) is 6.14. The Kier molecular flexibility index (Phi) is 2.44. The summed E-state index contributed by atoms with van der Waals surface area (Å²) in [5.41, 5.74) is 0.385. The van der Waals surface area contributed by atoms with Crippen LogP contribution in [0.4, 0.5) is 4.53 Å². The van der Waals surface area contributed by atoms with Gasteiger partial charge in [0.15, 0.2) is 5.75 Å². The molecule has 0 atom stereocenters. The van der Waals surface area contributed by atoms with Crippen molar-refractivity contribution in [3.8, 4) is 5.75 Å². The summed E-state index contributed by atoms with van der Waals surface area (Å²) >= 11 is 5.48. The summed E-state index contributed by atoms with van der Waals surface area (Å²) in [7, 11) is 0. The van der Waals surface area contributed by atoms with E-state index in [0.717, 1.165) is 0 Å². The molecule has 0 aromatic heterocycles. The van der Waals surface area contributed by atoms with Gasteiger partial charge in [-0.25, -0.2) is 0 Å². The lowest BCUT2D eigenvalue weighted by Crippen LogP contribution is -1.82. The number of rotatable bonds is 2. The first kappa shape index (κ1) is 8.01. The van der Waals surface area contributed by atoms with Crippen molar-refractivity contribution in [3.63, 3.8) is 0 Å². The fraction of sp³-hybridized carbons (Fsp3) is 0. The number of hydrogen-bond donors (Lipinski definition) is 0. The van der Waals surface area contributed by atoms with Crippen molar-refractivity contribution in [2.45, 2.75) is 0 Å². The molecule has 0 radical (unpaired) electrons. The van der Waals surface area contributed by atoms with E-state index < -0.39 is 0 Å². The highest BCUT2D eigenvalue weighted by Gasteiger charge is 2.01. The van der Waals surface area contributed by atoms with Gasteiger partial charge in [-0.3, -0.25) is 9.74 Å². The molecule has 1 aromatic carbocycles. The maximum absolute atomic E-state index is 11.5. The van der Waals surface area contributed by atoms with E-state index in [4.69, 9.17) is 11.6 Å². The van der Waals surface area contributed by atoms with Crippen LogP contribution < -0.4 is 4.94 Å². The van der Waals surface area contributed by atoms with Crippen LogP contribution in [-0.4, -0.2) is 6.29 Å². The molecule has 0 fully saturated rings. The van der Waals surface area contributed by atoms with E-state index in [-0.39, 0.29) is 10.8 Å².